The van der Waals surface area contributed by atoms with Crippen LogP contribution in [0.5, 0.6) is 0 Å². The Balaban J connectivity index is 1.92. The molecule has 1 unspecified atom stereocenters. The summed E-state index contributed by atoms with van der Waals surface area (Å²) in [7, 11) is 0. The van der Waals surface area contributed by atoms with Gasteiger partial charge in [0, 0.05) is 18.4 Å². The summed E-state index contributed by atoms with van der Waals surface area (Å²) >= 11 is 0. The van der Waals surface area contributed by atoms with E-state index in [9.17, 15) is 13.2 Å². The summed E-state index contributed by atoms with van der Waals surface area (Å²) in [5.74, 6) is 0. The molecule has 2 rings (SSSR count). The van der Waals surface area contributed by atoms with Crippen LogP contribution >= 0.6 is 0 Å². The summed E-state index contributed by atoms with van der Waals surface area (Å²) in [5.41, 5.74) is 7.08. The van der Waals surface area contributed by atoms with Crippen molar-refractivity contribution in [2.45, 2.75) is 31.5 Å². The first-order valence-corrected chi connectivity index (χ1v) is 6.76. The summed E-state index contributed by atoms with van der Waals surface area (Å²) in [6.07, 6.45) is 1.08. The van der Waals surface area contributed by atoms with Gasteiger partial charge in [-0.05, 0) is 42.5 Å². The van der Waals surface area contributed by atoms with Crippen LogP contribution in [0.15, 0.2) is 48.8 Å². The molecule has 0 radical (unpaired) electrons. The van der Waals surface area contributed by atoms with Crippen molar-refractivity contribution < 1.29 is 13.2 Å². The number of hydrogen-bond acceptors (Lipinski definition) is 2. The van der Waals surface area contributed by atoms with Crippen molar-refractivity contribution in [1.82, 2.24) is 4.98 Å². The SMILES string of the molecule is NC(CCc1cccnc1)Cc1cccc(C(F)(F)F)c1. The second-order valence-corrected chi connectivity index (χ2v) is 5.06. The Morgan fingerprint density at radius 2 is 1.86 bits per heavy atom. The van der Waals surface area contributed by atoms with Gasteiger partial charge in [-0.15, -0.1) is 0 Å². The minimum absolute atomic E-state index is 0.173. The molecule has 1 aromatic heterocycles. The summed E-state index contributed by atoms with van der Waals surface area (Å²) in [6.45, 7) is 0. The van der Waals surface area contributed by atoms with E-state index >= 15 is 0 Å². The van der Waals surface area contributed by atoms with Crippen LogP contribution in [0.2, 0.25) is 0 Å². The fraction of sp³-hybridized carbons (Fsp3) is 0.312. The van der Waals surface area contributed by atoms with Gasteiger partial charge in [0.25, 0.3) is 0 Å². The van der Waals surface area contributed by atoms with Crippen molar-refractivity contribution in [2.24, 2.45) is 5.73 Å². The molecule has 0 aliphatic rings. The maximum atomic E-state index is 12.6. The van der Waals surface area contributed by atoms with Crippen LogP contribution in [0.3, 0.4) is 0 Å². The van der Waals surface area contributed by atoms with Crippen LogP contribution < -0.4 is 5.73 Å². The van der Waals surface area contributed by atoms with Crippen LogP contribution in [-0.2, 0) is 19.0 Å². The number of alkyl halides is 3. The highest BCUT2D eigenvalue weighted by Crippen LogP contribution is 2.29. The highest BCUT2D eigenvalue weighted by Gasteiger charge is 2.30. The lowest BCUT2D eigenvalue weighted by Crippen LogP contribution is -2.23. The molecule has 1 atom stereocenters. The van der Waals surface area contributed by atoms with E-state index in [0.717, 1.165) is 18.1 Å². The zero-order valence-electron chi connectivity index (χ0n) is 11.5. The molecular weight excluding hydrogens is 277 g/mol. The predicted molar refractivity (Wildman–Crippen MR) is 75.7 cm³/mol. The second kappa shape index (κ2) is 6.72. The van der Waals surface area contributed by atoms with Gasteiger partial charge in [0.05, 0.1) is 5.56 Å². The Labute approximate surface area is 121 Å². The quantitative estimate of drug-likeness (QED) is 0.915. The average Bonchev–Trinajstić information content (AvgIpc) is 2.46. The molecule has 0 aliphatic heterocycles. The molecule has 1 heterocycles. The first-order valence-electron chi connectivity index (χ1n) is 6.76. The second-order valence-electron chi connectivity index (χ2n) is 5.06. The summed E-state index contributed by atoms with van der Waals surface area (Å²) in [5, 5.41) is 0. The third kappa shape index (κ3) is 4.86. The van der Waals surface area contributed by atoms with Gasteiger partial charge in [0.2, 0.25) is 0 Å². The van der Waals surface area contributed by atoms with E-state index in [2.05, 4.69) is 4.98 Å². The van der Waals surface area contributed by atoms with E-state index in [1.807, 2.05) is 12.1 Å². The lowest BCUT2D eigenvalue weighted by molar-refractivity contribution is -0.137. The smallest absolute Gasteiger partial charge is 0.327 e. The third-order valence-corrected chi connectivity index (χ3v) is 3.28. The minimum atomic E-state index is -4.31. The number of nitrogens with zero attached hydrogens (tertiary/aromatic N) is 1. The van der Waals surface area contributed by atoms with E-state index in [1.165, 1.54) is 12.1 Å². The number of aryl methyl sites for hydroxylation is 1. The van der Waals surface area contributed by atoms with Crippen LogP contribution in [-0.4, -0.2) is 11.0 Å². The molecule has 2 aromatic rings. The van der Waals surface area contributed by atoms with E-state index < -0.39 is 11.7 Å². The molecule has 0 saturated carbocycles. The monoisotopic (exact) mass is 294 g/mol. The summed E-state index contributed by atoms with van der Waals surface area (Å²) in [4.78, 5) is 4.02. The van der Waals surface area contributed by atoms with Crippen molar-refractivity contribution in [3.63, 3.8) is 0 Å². The van der Waals surface area contributed by atoms with Gasteiger partial charge in [-0.25, -0.2) is 0 Å². The standard InChI is InChI=1S/C16H17F3N2/c17-16(18,19)14-5-1-3-13(9-14)10-15(20)7-6-12-4-2-8-21-11-12/h1-5,8-9,11,15H,6-7,10,20H2. The lowest BCUT2D eigenvalue weighted by atomic mass is 9.99. The summed E-state index contributed by atoms with van der Waals surface area (Å²) < 4.78 is 37.9. The van der Waals surface area contributed by atoms with Crippen LogP contribution in [0.4, 0.5) is 13.2 Å². The van der Waals surface area contributed by atoms with Crippen LogP contribution in [0.25, 0.3) is 0 Å². The van der Waals surface area contributed by atoms with Gasteiger partial charge in [-0.1, -0.05) is 24.3 Å². The zero-order chi connectivity index (χ0) is 15.3. The highest BCUT2D eigenvalue weighted by atomic mass is 19.4. The Hall–Kier alpha value is -1.88. The Morgan fingerprint density at radius 3 is 2.52 bits per heavy atom. The number of pyridine rings is 1. The van der Waals surface area contributed by atoms with Gasteiger partial charge in [0.15, 0.2) is 0 Å². The molecular formula is C16H17F3N2. The van der Waals surface area contributed by atoms with E-state index in [4.69, 9.17) is 5.73 Å². The predicted octanol–water partition coefficient (Wildman–Crippen LogP) is 3.60. The Bertz CT molecular complexity index is 567. The largest absolute Gasteiger partial charge is 0.416 e. The number of rotatable bonds is 5. The van der Waals surface area contributed by atoms with E-state index in [0.29, 0.717) is 18.4 Å². The molecule has 112 valence electrons. The highest BCUT2D eigenvalue weighted by molar-refractivity contribution is 5.26. The van der Waals surface area contributed by atoms with Crippen molar-refractivity contribution in [3.8, 4) is 0 Å². The van der Waals surface area contributed by atoms with Crippen molar-refractivity contribution in [3.05, 3.63) is 65.5 Å². The minimum Gasteiger partial charge on any atom is -0.327 e. The normalized spacial score (nSPS) is 13.1. The van der Waals surface area contributed by atoms with Crippen LogP contribution in [0, 0.1) is 0 Å². The fourth-order valence-corrected chi connectivity index (χ4v) is 2.18. The molecule has 1 aromatic carbocycles. The number of hydrogen-bond donors (Lipinski definition) is 1. The molecule has 0 aliphatic carbocycles. The molecule has 0 bridgehead atoms. The molecule has 2 nitrogen and oxygen atoms in total. The number of nitrogens with two attached hydrogens (primary N) is 1. The molecule has 0 fully saturated rings. The zero-order valence-corrected chi connectivity index (χ0v) is 11.5. The molecule has 0 amide bonds. The topological polar surface area (TPSA) is 38.9 Å². The first kappa shape index (κ1) is 15.5. The van der Waals surface area contributed by atoms with Crippen molar-refractivity contribution >= 4 is 0 Å². The molecule has 21 heavy (non-hydrogen) atoms. The maximum Gasteiger partial charge on any atom is 0.416 e. The van der Waals surface area contributed by atoms with E-state index in [1.54, 1.807) is 18.5 Å². The van der Waals surface area contributed by atoms with Crippen LogP contribution in [0.1, 0.15) is 23.1 Å². The van der Waals surface area contributed by atoms with E-state index in [-0.39, 0.29) is 6.04 Å². The first-order chi connectivity index (χ1) is 9.95. The lowest BCUT2D eigenvalue weighted by Gasteiger charge is -2.13. The van der Waals surface area contributed by atoms with Crippen molar-refractivity contribution in [1.29, 1.82) is 0 Å². The Kier molecular flexibility index (Phi) is 4.96. The third-order valence-electron chi connectivity index (χ3n) is 3.28. The average molecular weight is 294 g/mol. The van der Waals surface area contributed by atoms with Gasteiger partial charge >= 0.3 is 6.18 Å². The van der Waals surface area contributed by atoms with Gasteiger partial charge in [0.1, 0.15) is 0 Å². The van der Waals surface area contributed by atoms with Crippen molar-refractivity contribution in [2.75, 3.05) is 0 Å². The van der Waals surface area contributed by atoms with Gasteiger partial charge in [-0.2, -0.15) is 13.2 Å². The fourth-order valence-electron chi connectivity index (χ4n) is 2.18. The molecule has 5 heteroatoms. The number of benzene rings is 1. The number of halogens is 3. The van der Waals surface area contributed by atoms with Gasteiger partial charge in [-0.3, -0.25) is 4.98 Å². The summed E-state index contributed by atoms with van der Waals surface area (Å²) in [6, 6.07) is 8.99. The number of aromatic nitrogens is 1. The Morgan fingerprint density at radius 1 is 1.10 bits per heavy atom. The maximum absolute atomic E-state index is 12.6. The molecule has 2 N–H and O–H groups in total. The van der Waals surface area contributed by atoms with Gasteiger partial charge < -0.3 is 5.73 Å². The molecule has 0 saturated heterocycles. The molecule has 0 spiro atoms.